The van der Waals surface area contributed by atoms with Crippen molar-refractivity contribution in [1.82, 2.24) is 9.80 Å². The molecule has 0 saturated carbocycles. The van der Waals surface area contributed by atoms with Gasteiger partial charge in [0, 0.05) is 30.3 Å². The van der Waals surface area contributed by atoms with Gasteiger partial charge >= 0.3 is 17.8 Å². The number of piperidine rings is 1. The van der Waals surface area contributed by atoms with Gasteiger partial charge in [0.15, 0.2) is 0 Å². The smallest absolute Gasteiger partial charge is 0.375 e. The summed E-state index contributed by atoms with van der Waals surface area (Å²) in [6.07, 6.45) is 3.53. The summed E-state index contributed by atoms with van der Waals surface area (Å²) in [6.45, 7) is 2.99. The van der Waals surface area contributed by atoms with E-state index in [4.69, 9.17) is 25.8 Å². The summed E-state index contributed by atoms with van der Waals surface area (Å²) in [5.41, 5.74) is 0.512. The Kier molecular flexibility index (Phi) is 6.68. The third kappa shape index (κ3) is 4.81. The molecule has 0 aliphatic carbocycles. The second kappa shape index (κ2) is 9.91. The highest BCUT2D eigenvalue weighted by molar-refractivity contribution is 6.30. The first-order valence-corrected chi connectivity index (χ1v) is 12.1. The largest absolute Gasteiger partial charge is 0.492 e. The molecule has 5 rings (SSSR count). The number of benzene rings is 2. The number of carbonyl (C=O) groups excluding carboxylic acids is 3. The number of rotatable bonds is 6. The highest BCUT2D eigenvalue weighted by atomic mass is 35.5. The van der Waals surface area contributed by atoms with Gasteiger partial charge in [-0.3, -0.25) is 14.6 Å². The van der Waals surface area contributed by atoms with Crippen molar-refractivity contribution in [2.45, 2.75) is 18.8 Å². The minimum Gasteiger partial charge on any atom is -0.492 e. The number of halogens is 2. The van der Waals surface area contributed by atoms with Gasteiger partial charge in [0.2, 0.25) is 0 Å². The maximum Gasteiger partial charge on any atom is 0.375 e. The molecule has 0 aromatic heterocycles. The van der Waals surface area contributed by atoms with Gasteiger partial charge < -0.3 is 14.2 Å². The zero-order valence-electron chi connectivity index (χ0n) is 19.3. The molecule has 3 heterocycles. The molecule has 8 nitrogen and oxygen atoms in total. The van der Waals surface area contributed by atoms with Crippen LogP contribution < -0.4 is 4.74 Å². The fourth-order valence-corrected chi connectivity index (χ4v) is 4.96. The molecular weight excluding hydrogens is 491 g/mol. The van der Waals surface area contributed by atoms with Crippen molar-refractivity contribution in [2.75, 3.05) is 32.8 Å². The van der Waals surface area contributed by atoms with Crippen LogP contribution in [-0.4, -0.2) is 60.4 Å². The van der Waals surface area contributed by atoms with Crippen molar-refractivity contribution in [3.05, 3.63) is 76.6 Å². The minimum atomic E-state index is -1.99. The third-order valence-electron chi connectivity index (χ3n) is 6.62. The fourth-order valence-electron chi connectivity index (χ4n) is 4.78. The van der Waals surface area contributed by atoms with Gasteiger partial charge in [-0.05, 0) is 74.3 Å². The van der Waals surface area contributed by atoms with E-state index in [1.165, 1.54) is 23.1 Å². The summed E-state index contributed by atoms with van der Waals surface area (Å²) in [4.78, 5) is 41.6. The van der Waals surface area contributed by atoms with E-state index >= 15 is 0 Å². The van der Waals surface area contributed by atoms with Gasteiger partial charge in [-0.15, -0.1) is 0 Å². The van der Waals surface area contributed by atoms with Gasteiger partial charge in [0.05, 0.1) is 11.1 Å². The highest BCUT2D eigenvalue weighted by Crippen LogP contribution is 2.44. The molecule has 1 fully saturated rings. The van der Waals surface area contributed by atoms with Gasteiger partial charge in [-0.2, -0.15) is 0 Å². The van der Waals surface area contributed by atoms with Crippen molar-refractivity contribution < 1.29 is 33.0 Å². The first-order valence-electron chi connectivity index (χ1n) is 11.7. The summed E-state index contributed by atoms with van der Waals surface area (Å²) in [5, 5.41) is 0.322. The van der Waals surface area contributed by atoms with Crippen LogP contribution in [0.25, 0.3) is 0 Å². The normalized spacial score (nSPS) is 19.7. The molecule has 3 aliphatic heterocycles. The minimum absolute atomic E-state index is 0.0958. The average molecular weight is 515 g/mol. The Hall–Kier alpha value is -3.43. The molecule has 2 aromatic carbocycles. The molecule has 0 atom stereocenters. The number of carbonyl (C=O) groups is 3. The Balaban J connectivity index is 1.25. The lowest BCUT2D eigenvalue weighted by atomic mass is 9.96. The first kappa shape index (κ1) is 24.3. The number of hydrogen-bond donors (Lipinski definition) is 0. The van der Waals surface area contributed by atoms with Crippen molar-refractivity contribution in [3.8, 4) is 5.75 Å². The molecular formula is C26H24ClFN2O6. The molecule has 10 heteroatoms. The number of amides is 1. The zero-order valence-corrected chi connectivity index (χ0v) is 20.1. The molecule has 1 spiro atoms. The first-order chi connectivity index (χ1) is 17.3. The summed E-state index contributed by atoms with van der Waals surface area (Å²) < 4.78 is 29.9. The molecule has 2 aromatic rings. The van der Waals surface area contributed by atoms with Crippen LogP contribution in [0.5, 0.6) is 5.75 Å². The summed E-state index contributed by atoms with van der Waals surface area (Å²) in [5.74, 6) is -3.55. The zero-order chi connectivity index (χ0) is 25.3. The van der Waals surface area contributed by atoms with Crippen LogP contribution in [0.3, 0.4) is 0 Å². The van der Waals surface area contributed by atoms with Crippen LogP contribution in [0.2, 0.25) is 5.02 Å². The quantitative estimate of drug-likeness (QED) is 0.545. The van der Waals surface area contributed by atoms with Crippen LogP contribution in [0, 0.1) is 11.7 Å². The Morgan fingerprint density at radius 3 is 2.33 bits per heavy atom. The standard InChI is InChI=1S/C26H24ClFN2O6/c27-18-1-6-21-22(15-18)26(35-23(31)7-8-24(32)36-26)30(25(21)33)16-17-9-11-29(12-10-17)13-14-34-20-4-2-19(28)3-5-20/h1-8,15,17H,9-14,16H2. The second-order valence-corrected chi connectivity index (χ2v) is 9.39. The van der Waals surface area contributed by atoms with E-state index in [0.717, 1.165) is 38.1 Å². The van der Waals surface area contributed by atoms with Crippen LogP contribution in [0.15, 0.2) is 54.6 Å². The number of likely N-dealkylation sites (tertiary alicyclic amines) is 1. The summed E-state index contributed by atoms with van der Waals surface area (Å²) >= 11 is 6.17. The van der Waals surface area contributed by atoms with E-state index in [1.54, 1.807) is 24.3 Å². The van der Waals surface area contributed by atoms with Crippen molar-refractivity contribution in [2.24, 2.45) is 5.92 Å². The van der Waals surface area contributed by atoms with E-state index in [9.17, 15) is 18.8 Å². The van der Waals surface area contributed by atoms with Crippen LogP contribution in [0.4, 0.5) is 4.39 Å². The van der Waals surface area contributed by atoms with E-state index < -0.39 is 17.8 Å². The van der Waals surface area contributed by atoms with Crippen molar-refractivity contribution in [1.29, 1.82) is 0 Å². The van der Waals surface area contributed by atoms with Crippen LogP contribution >= 0.6 is 11.6 Å². The van der Waals surface area contributed by atoms with Crippen LogP contribution in [-0.2, 0) is 25.0 Å². The van der Waals surface area contributed by atoms with Gasteiger partial charge in [-0.1, -0.05) is 11.6 Å². The van der Waals surface area contributed by atoms with E-state index in [0.29, 0.717) is 23.9 Å². The fraction of sp³-hybridized carbons (Fsp3) is 0.346. The number of ether oxygens (including phenoxy) is 3. The molecule has 0 unspecified atom stereocenters. The van der Waals surface area contributed by atoms with Gasteiger partial charge in [0.1, 0.15) is 18.2 Å². The van der Waals surface area contributed by atoms with Crippen molar-refractivity contribution >= 4 is 29.4 Å². The highest BCUT2D eigenvalue weighted by Gasteiger charge is 2.57. The number of fused-ring (bicyclic) bond motifs is 2. The maximum absolute atomic E-state index is 13.4. The van der Waals surface area contributed by atoms with E-state index in [-0.39, 0.29) is 35.3 Å². The van der Waals surface area contributed by atoms with Gasteiger partial charge in [0.25, 0.3) is 5.91 Å². The SMILES string of the molecule is O=C1C=CC(=O)OC2(O1)c1cc(Cl)ccc1C(=O)N2CC1CCN(CCOc2ccc(F)cc2)CC1. The molecule has 3 aliphatic rings. The molecule has 1 saturated heterocycles. The molecule has 36 heavy (non-hydrogen) atoms. The number of esters is 2. The van der Waals surface area contributed by atoms with Crippen molar-refractivity contribution in [3.63, 3.8) is 0 Å². The average Bonchev–Trinajstić information content (AvgIpc) is 2.96. The predicted octanol–water partition coefficient (Wildman–Crippen LogP) is 3.49. The summed E-state index contributed by atoms with van der Waals surface area (Å²) in [7, 11) is 0. The lowest BCUT2D eigenvalue weighted by molar-refractivity contribution is -0.275. The lowest BCUT2D eigenvalue weighted by Gasteiger charge is -2.39. The predicted molar refractivity (Wildman–Crippen MR) is 127 cm³/mol. The lowest BCUT2D eigenvalue weighted by Crippen LogP contribution is -2.52. The van der Waals surface area contributed by atoms with E-state index in [1.807, 2.05) is 0 Å². The van der Waals surface area contributed by atoms with Gasteiger partial charge in [-0.25, -0.2) is 14.0 Å². The number of hydrogen-bond acceptors (Lipinski definition) is 7. The molecule has 0 bridgehead atoms. The molecule has 0 radical (unpaired) electrons. The number of nitrogens with zero attached hydrogens (tertiary/aromatic N) is 2. The second-order valence-electron chi connectivity index (χ2n) is 8.95. The molecule has 0 N–H and O–H groups in total. The topological polar surface area (TPSA) is 85.4 Å². The molecule has 1 amide bonds. The summed E-state index contributed by atoms with van der Waals surface area (Å²) in [6, 6.07) is 10.5. The Bertz CT molecular complexity index is 1190. The Labute approximate surface area is 212 Å². The van der Waals surface area contributed by atoms with E-state index in [2.05, 4.69) is 4.90 Å². The van der Waals surface area contributed by atoms with Crippen LogP contribution in [0.1, 0.15) is 28.8 Å². The maximum atomic E-state index is 13.4. The Morgan fingerprint density at radius 2 is 1.67 bits per heavy atom. The molecule has 188 valence electrons. The monoisotopic (exact) mass is 514 g/mol. The Morgan fingerprint density at radius 1 is 1.00 bits per heavy atom. The third-order valence-corrected chi connectivity index (χ3v) is 6.86.